The molecule has 0 atom stereocenters. The van der Waals surface area contributed by atoms with Crippen LogP contribution >= 0.6 is 11.3 Å². The van der Waals surface area contributed by atoms with E-state index < -0.39 is 0 Å². The summed E-state index contributed by atoms with van der Waals surface area (Å²) in [6.07, 6.45) is 3.43. The van der Waals surface area contributed by atoms with Crippen molar-refractivity contribution in [1.82, 2.24) is 15.3 Å². The molecule has 122 valence electrons. The Morgan fingerprint density at radius 2 is 2.08 bits per heavy atom. The highest BCUT2D eigenvalue weighted by molar-refractivity contribution is 7.13. The zero-order chi connectivity index (χ0) is 16.8. The van der Waals surface area contributed by atoms with E-state index in [1.165, 1.54) is 11.3 Å². The van der Waals surface area contributed by atoms with Gasteiger partial charge in [0.1, 0.15) is 16.5 Å². The molecule has 6 heteroatoms. The second-order valence-electron chi connectivity index (χ2n) is 5.04. The van der Waals surface area contributed by atoms with E-state index in [-0.39, 0.29) is 5.91 Å². The SMILES string of the molecule is CCOc1ccc(-c2nc(C(=O)NCc3cccnc3)cs2)cc1. The van der Waals surface area contributed by atoms with Gasteiger partial charge in [0, 0.05) is 29.9 Å². The lowest BCUT2D eigenvalue weighted by Gasteiger charge is -2.03. The standard InChI is InChI=1S/C18H17N3O2S/c1-2-23-15-7-5-14(6-8-15)18-21-16(12-24-18)17(22)20-11-13-4-3-9-19-10-13/h3-10,12H,2,11H2,1H3,(H,20,22). The second-order valence-corrected chi connectivity index (χ2v) is 5.90. The van der Waals surface area contributed by atoms with Crippen LogP contribution in [0.1, 0.15) is 23.0 Å². The largest absolute Gasteiger partial charge is 0.494 e. The Labute approximate surface area is 144 Å². The van der Waals surface area contributed by atoms with Gasteiger partial charge in [0.25, 0.3) is 5.91 Å². The number of rotatable bonds is 6. The number of pyridine rings is 1. The third-order valence-corrected chi connectivity index (χ3v) is 4.22. The topological polar surface area (TPSA) is 64.1 Å². The molecule has 0 bridgehead atoms. The van der Waals surface area contributed by atoms with Crippen LogP contribution in [0.5, 0.6) is 5.75 Å². The highest BCUT2D eigenvalue weighted by Crippen LogP contribution is 2.25. The summed E-state index contributed by atoms with van der Waals surface area (Å²) in [5.41, 5.74) is 2.34. The van der Waals surface area contributed by atoms with E-state index in [0.29, 0.717) is 18.8 Å². The Kier molecular flexibility index (Phi) is 5.18. The van der Waals surface area contributed by atoms with E-state index in [1.807, 2.05) is 43.3 Å². The number of hydrogen-bond acceptors (Lipinski definition) is 5. The average molecular weight is 339 g/mol. The minimum atomic E-state index is -0.188. The monoisotopic (exact) mass is 339 g/mol. The third-order valence-electron chi connectivity index (χ3n) is 3.32. The number of ether oxygens (including phenoxy) is 1. The van der Waals surface area contributed by atoms with Crippen LogP contribution in [-0.2, 0) is 6.54 Å². The summed E-state index contributed by atoms with van der Waals surface area (Å²) in [5, 5.41) is 5.43. The number of amides is 1. The van der Waals surface area contributed by atoms with Gasteiger partial charge in [-0.15, -0.1) is 11.3 Å². The molecule has 0 spiro atoms. The number of hydrogen-bond donors (Lipinski definition) is 1. The number of nitrogens with zero attached hydrogens (tertiary/aromatic N) is 2. The van der Waals surface area contributed by atoms with Crippen molar-refractivity contribution in [2.45, 2.75) is 13.5 Å². The van der Waals surface area contributed by atoms with Gasteiger partial charge in [0.15, 0.2) is 0 Å². The first-order valence-electron chi connectivity index (χ1n) is 7.62. The molecule has 5 nitrogen and oxygen atoms in total. The van der Waals surface area contributed by atoms with E-state index in [4.69, 9.17) is 4.74 Å². The molecular formula is C18H17N3O2S. The molecule has 0 aliphatic rings. The van der Waals surface area contributed by atoms with Crippen LogP contribution in [-0.4, -0.2) is 22.5 Å². The molecule has 0 aliphatic heterocycles. The maximum atomic E-state index is 12.2. The first-order valence-corrected chi connectivity index (χ1v) is 8.50. The number of benzene rings is 1. The van der Waals surface area contributed by atoms with Crippen LogP contribution in [0.25, 0.3) is 10.6 Å². The Morgan fingerprint density at radius 3 is 2.79 bits per heavy atom. The number of thiazole rings is 1. The van der Waals surface area contributed by atoms with E-state index in [2.05, 4.69) is 15.3 Å². The van der Waals surface area contributed by atoms with E-state index in [9.17, 15) is 4.79 Å². The molecule has 1 N–H and O–H groups in total. The van der Waals surface area contributed by atoms with Crippen molar-refractivity contribution in [3.63, 3.8) is 0 Å². The molecule has 0 saturated heterocycles. The van der Waals surface area contributed by atoms with Gasteiger partial charge in [-0.1, -0.05) is 6.07 Å². The minimum Gasteiger partial charge on any atom is -0.494 e. The molecule has 0 unspecified atom stereocenters. The van der Waals surface area contributed by atoms with Crippen LogP contribution < -0.4 is 10.1 Å². The van der Waals surface area contributed by atoms with E-state index in [1.54, 1.807) is 17.8 Å². The molecule has 0 radical (unpaired) electrons. The van der Waals surface area contributed by atoms with E-state index in [0.717, 1.165) is 21.9 Å². The van der Waals surface area contributed by atoms with E-state index >= 15 is 0 Å². The van der Waals surface area contributed by atoms with Crippen molar-refractivity contribution in [2.24, 2.45) is 0 Å². The third kappa shape index (κ3) is 3.97. The smallest absolute Gasteiger partial charge is 0.271 e. The van der Waals surface area contributed by atoms with Crippen molar-refractivity contribution < 1.29 is 9.53 Å². The summed E-state index contributed by atoms with van der Waals surface area (Å²) in [4.78, 5) is 20.6. The lowest BCUT2D eigenvalue weighted by Crippen LogP contribution is -2.23. The predicted octanol–water partition coefficient (Wildman–Crippen LogP) is 3.53. The molecule has 0 fully saturated rings. The summed E-state index contributed by atoms with van der Waals surface area (Å²) in [6.45, 7) is 3.02. The van der Waals surface area contributed by atoms with Crippen molar-refractivity contribution in [1.29, 1.82) is 0 Å². The number of aromatic nitrogens is 2. The average Bonchev–Trinajstić information content (AvgIpc) is 3.12. The fraction of sp³-hybridized carbons (Fsp3) is 0.167. The molecule has 0 saturated carbocycles. The zero-order valence-electron chi connectivity index (χ0n) is 13.2. The van der Waals surface area contributed by atoms with Gasteiger partial charge in [-0.2, -0.15) is 0 Å². The first-order chi connectivity index (χ1) is 11.8. The molecule has 3 rings (SSSR count). The van der Waals surface area contributed by atoms with Crippen molar-refractivity contribution in [3.8, 4) is 16.3 Å². The molecule has 1 aromatic carbocycles. The van der Waals surface area contributed by atoms with Gasteiger partial charge < -0.3 is 10.1 Å². The Morgan fingerprint density at radius 1 is 1.25 bits per heavy atom. The summed E-state index contributed by atoms with van der Waals surface area (Å²) in [6, 6.07) is 11.5. The molecule has 2 heterocycles. The molecule has 2 aromatic heterocycles. The van der Waals surface area contributed by atoms with Crippen molar-refractivity contribution in [3.05, 3.63) is 65.4 Å². The minimum absolute atomic E-state index is 0.188. The second kappa shape index (κ2) is 7.70. The van der Waals surface area contributed by atoms with Gasteiger partial charge in [-0.05, 0) is 42.8 Å². The van der Waals surface area contributed by atoms with Crippen LogP contribution in [0.4, 0.5) is 0 Å². The normalized spacial score (nSPS) is 10.4. The Balaban J connectivity index is 1.65. The lowest BCUT2D eigenvalue weighted by molar-refractivity contribution is 0.0946. The molecule has 0 aliphatic carbocycles. The van der Waals surface area contributed by atoms with Gasteiger partial charge in [-0.25, -0.2) is 4.98 Å². The fourth-order valence-electron chi connectivity index (χ4n) is 2.15. The van der Waals surface area contributed by atoms with Crippen LogP contribution in [0.2, 0.25) is 0 Å². The lowest BCUT2D eigenvalue weighted by atomic mass is 10.2. The van der Waals surface area contributed by atoms with Crippen molar-refractivity contribution in [2.75, 3.05) is 6.61 Å². The summed E-state index contributed by atoms with van der Waals surface area (Å²) in [7, 11) is 0. The van der Waals surface area contributed by atoms with Crippen LogP contribution in [0.15, 0.2) is 54.2 Å². The van der Waals surface area contributed by atoms with Crippen LogP contribution in [0.3, 0.4) is 0 Å². The predicted molar refractivity (Wildman–Crippen MR) is 94.1 cm³/mol. The van der Waals surface area contributed by atoms with Gasteiger partial charge in [0.2, 0.25) is 0 Å². The summed E-state index contributed by atoms with van der Waals surface area (Å²) < 4.78 is 5.43. The first kappa shape index (κ1) is 16.1. The maximum Gasteiger partial charge on any atom is 0.271 e. The Bertz CT molecular complexity index is 801. The molecular weight excluding hydrogens is 322 g/mol. The fourth-order valence-corrected chi connectivity index (χ4v) is 2.95. The molecule has 24 heavy (non-hydrogen) atoms. The maximum absolute atomic E-state index is 12.2. The summed E-state index contributed by atoms with van der Waals surface area (Å²) >= 11 is 1.45. The number of carbonyl (C=O) groups excluding carboxylic acids is 1. The van der Waals surface area contributed by atoms with Gasteiger partial charge in [0.05, 0.1) is 6.61 Å². The zero-order valence-corrected chi connectivity index (χ0v) is 14.0. The number of carbonyl (C=O) groups is 1. The quantitative estimate of drug-likeness (QED) is 0.746. The van der Waals surface area contributed by atoms with Crippen LogP contribution in [0, 0.1) is 0 Å². The highest BCUT2D eigenvalue weighted by atomic mass is 32.1. The molecule has 1 amide bonds. The van der Waals surface area contributed by atoms with Crippen molar-refractivity contribution >= 4 is 17.2 Å². The molecule has 3 aromatic rings. The highest BCUT2D eigenvalue weighted by Gasteiger charge is 2.11. The summed E-state index contributed by atoms with van der Waals surface area (Å²) in [5.74, 6) is 0.638. The number of nitrogens with one attached hydrogen (secondary N) is 1. The van der Waals surface area contributed by atoms with Gasteiger partial charge >= 0.3 is 0 Å². The Hall–Kier alpha value is -2.73. The van der Waals surface area contributed by atoms with Gasteiger partial charge in [-0.3, -0.25) is 9.78 Å².